The Hall–Kier alpha value is -2.44. The summed E-state index contributed by atoms with van der Waals surface area (Å²) in [5.41, 5.74) is 12.4. The van der Waals surface area contributed by atoms with Gasteiger partial charge in [-0.15, -0.1) is 5.11 Å². The summed E-state index contributed by atoms with van der Waals surface area (Å²) >= 11 is 0. The van der Waals surface area contributed by atoms with E-state index in [2.05, 4.69) is 20.8 Å². The number of fused-ring (bicyclic) bond motifs is 1. The maximum atomic E-state index is 13.3. The van der Waals surface area contributed by atoms with Crippen LogP contribution in [0.1, 0.15) is 15.9 Å². The molecule has 1 aliphatic carbocycles. The molecule has 0 aromatic heterocycles. The van der Waals surface area contributed by atoms with Crippen LogP contribution in [0.3, 0.4) is 0 Å². The van der Waals surface area contributed by atoms with Gasteiger partial charge >= 0.3 is 59.1 Å². The van der Waals surface area contributed by atoms with Crippen molar-refractivity contribution < 1.29 is 89.9 Å². The summed E-state index contributed by atoms with van der Waals surface area (Å²) in [6.45, 7) is 0. The molecule has 0 radical (unpaired) electrons. The number of para-hydroxylation sites is 1. The van der Waals surface area contributed by atoms with E-state index >= 15 is 0 Å². The van der Waals surface area contributed by atoms with E-state index in [-0.39, 0.29) is 64.8 Å². The molecule has 3 aromatic rings. The molecule has 17 heteroatoms. The van der Waals surface area contributed by atoms with Gasteiger partial charge in [0.15, 0.2) is 0 Å². The second kappa shape index (κ2) is 12.8. The fraction of sp³-hybridized carbons (Fsp3) is 0. The number of carbonyl (C=O) groups excluding carboxylic acids is 1. The number of Topliss-reactive ketones (excluding diaryl/α,β-unsaturated/α-hetero) is 1. The van der Waals surface area contributed by atoms with E-state index in [9.17, 15) is 30.7 Å². The topological polar surface area (TPSA) is 233 Å². The molecule has 0 saturated carbocycles. The van der Waals surface area contributed by atoms with Crippen LogP contribution in [0.2, 0.25) is 0 Å². The summed E-state index contributed by atoms with van der Waals surface area (Å²) < 4.78 is 71.8. The summed E-state index contributed by atoms with van der Waals surface area (Å²) in [6.07, 6.45) is 0.719. The van der Waals surface area contributed by atoms with Crippen LogP contribution in [0, 0.1) is 0 Å². The first-order valence-electron chi connectivity index (χ1n) is 10.2. The molecule has 0 saturated heterocycles. The van der Waals surface area contributed by atoms with Gasteiger partial charge < -0.3 is 20.6 Å². The van der Waals surface area contributed by atoms with E-state index in [4.69, 9.17) is 11.5 Å². The zero-order chi connectivity index (χ0) is 27.0. The summed E-state index contributed by atoms with van der Waals surface area (Å²) in [6, 6.07) is 14.7. The Morgan fingerprint density at radius 2 is 1.44 bits per heavy atom. The third-order valence-electron chi connectivity index (χ3n) is 5.06. The minimum atomic E-state index is -5.28. The van der Waals surface area contributed by atoms with Crippen LogP contribution in [0.15, 0.2) is 85.8 Å². The van der Waals surface area contributed by atoms with Gasteiger partial charge in [-0.25, -0.2) is 16.8 Å². The number of benzene rings is 3. The Labute approximate surface area is 267 Å². The number of allylic oxidation sites excluding steroid dienone is 1. The van der Waals surface area contributed by atoms with Crippen LogP contribution in [0.4, 0.5) is 28.4 Å². The summed E-state index contributed by atoms with van der Waals surface area (Å²) in [5.74, 6) is -1.12. The predicted molar refractivity (Wildman–Crippen MR) is 133 cm³/mol. The van der Waals surface area contributed by atoms with Crippen molar-refractivity contribution in [1.29, 1.82) is 0 Å². The molecule has 0 bridgehead atoms. The van der Waals surface area contributed by atoms with E-state index in [0.29, 0.717) is 17.4 Å². The Morgan fingerprint density at radius 3 is 2.00 bits per heavy atom. The number of hydrogen-bond donors (Lipinski definition) is 3. The Kier molecular flexibility index (Phi) is 10.8. The van der Waals surface area contributed by atoms with E-state index in [0.717, 1.165) is 6.08 Å². The van der Waals surface area contributed by atoms with Crippen molar-refractivity contribution in [2.45, 2.75) is 4.90 Å². The summed E-state index contributed by atoms with van der Waals surface area (Å²) in [5, 5.41) is 11.4. The largest absolute Gasteiger partial charge is 1.00 e. The van der Waals surface area contributed by atoms with Gasteiger partial charge in [0.2, 0.25) is 5.78 Å². The fourth-order valence-electron chi connectivity index (χ4n) is 3.37. The van der Waals surface area contributed by atoms with Gasteiger partial charge in [-0.2, -0.15) is 10.2 Å². The molecule has 0 unspecified atom stereocenters. The number of hydrogen-bond acceptors (Lipinski definition) is 13. The van der Waals surface area contributed by atoms with Crippen LogP contribution in [0.5, 0.6) is 0 Å². The minimum absolute atomic E-state index is 0. The molecule has 0 spiro atoms. The van der Waals surface area contributed by atoms with Crippen LogP contribution in [-0.4, -0.2) is 37.4 Å². The molecule has 0 amide bonds. The Morgan fingerprint density at radius 1 is 0.821 bits per heavy atom. The maximum absolute atomic E-state index is 13.3. The number of nitrogens with zero attached hydrogens (tertiary/aromatic N) is 3. The van der Waals surface area contributed by atoms with Crippen LogP contribution < -0.4 is 76.0 Å². The van der Waals surface area contributed by atoms with Crippen molar-refractivity contribution in [2.75, 3.05) is 16.9 Å². The summed E-state index contributed by atoms with van der Waals surface area (Å²) in [7, 11) is -10.5. The van der Waals surface area contributed by atoms with Crippen molar-refractivity contribution >= 4 is 66.2 Å². The van der Waals surface area contributed by atoms with Gasteiger partial charge in [0.1, 0.15) is 31.6 Å². The van der Waals surface area contributed by atoms with Gasteiger partial charge in [-0.3, -0.25) is 10.2 Å². The molecule has 5 N–H and O–H groups in total. The molecule has 0 atom stereocenters. The molecule has 190 valence electrons. The molecule has 0 fully saturated rings. The number of nitrogens with one attached hydrogen (secondary N) is 1. The van der Waals surface area contributed by atoms with Gasteiger partial charge in [-0.05, 0) is 54.1 Å². The van der Waals surface area contributed by atoms with E-state index in [1.54, 1.807) is 30.3 Å². The van der Waals surface area contributed by atoms with Crippen LogP contribution in [0.25, 0.3) is 6.08 Å². The van der Waals surface area contributed by atoms with E-state index < -0.39 is 64.0 Å². The average Bonchev–Trinajstić information content (AvgIpc) is 2.82. The second-order valence-corrected chi connectivity index (χ2v) is 10.3. The van der Waals surface area contributed by atoms with E-state index in [1.165, 1.54) is 24.3 Å². The number of ketones is 1. The number of hydrazone groups is 1. The van der Waals surface area contributed by atoms with Crippen molar-refractivity contribution in [3.8, 4) is 0 Å². The third kappa shape index (κ3) is 7.40. The molecule has 39 heavy (non-hydrogen) atoms. The third-order valence-corrected chi connectivity index (χ3v) is 6.76. The normalized spacial score (nSPS) is 14.3. The monoisotopic (exact) mass is 586 g/mol. The predicted octanol–water partition coefficient (Wildman–Crippen LogP) is -3.27. The summed E-state index contributed by atoms with van der Waals surface area (Å²) in [4.78, 5) is 11.3. The van der Waals surface area contributed by atoms with Crippen molar-refractivity contribution in [2.24, 2.45) is 15.3 Å². The number of anilines is 3. The Balaban J connectivity index is 0.00000267. The molecule has 0 aliphatic heterocycles. The Bertz CT molecular complexity index is 1730. The fourth-order valence-corrected chi connectivity index (χ4v) is 4.67. The van der Waals surface area contributed by atoms with Crippen molar-refractivity contribution in [3.63, 3.8) is 0 Å². The first-order valence-corrected chi connectivity index (χ1v) is 13.0. The number of rotatable bonds is 6. The average molecular weight is 587 g/mol. The maximum Gasteiger partial charge on any atom is 1.00 e. The van der Waals surface area contributed by atoms with E-state index in [1.807, 2.05) is 0 Å². The zero-order valence-electron chi connectivity index (χ0n) is 20.5. The zero-order valence-corrected chi connectivity index (χ0v) is 26.2. The SMILES string of the molecule is Nc1ccc(N=Nc2c(S(=O)(=O)[O-])cc3c(c2N)C(=O)/C(=N\Nc2ccccc2)C(S(=O)(=O)[O-])=C3)cc1.[Na+].[Na+]. The van der Waals surface area contributed by atoms with Crippen molar-refractivity contribution in [3.05, 3.63) is 76.7 Å². The van der Waals surface area contributed by atoms with Crippen LogP contribution >= 0.6 is 0 Å². The minimum Gasteiger partial charge on any atom is -0.744 e. The number of carbonyl (C=O) groups is 1. The molecule has 1 aliphatic rings. The van der Waals surface area contributed by atoms with Crippen LogP contribution in [-0.2, 0) is 20.2 Å². The smallest absolute Gasteiger partial charge is 0.744 e. The number of nitrogen functional groups attached to an aromatic ring is 2. The number of azo groups is 1. The van der Waals surface area contributed by atoms with Gasteiger partial charge in [-0.1, -0.05) is 18.2 Å². The van der Waals surface area contributed by atoms with Gasteiger partial charge in [0.05, 0.1) is 32.4 Å². The first-order chi connectivity index (χ1) is 17.4. The van der Waals surface area contributed by atoms with Gasteiger partial charge in [0.25, 0.3) is 0 Å². The van der Waals surface area contributed by atoms with Crippen molar-refractivity contribution in [1.82, 2.24) is 0 Å². The second-order valence-electron chi connectivity index (χ2n) is 7.58. The first kappa shape index (κ1) is 32.8. The molecular formula is C22H16N6Na2O7S2. The molecule has 13 nitrogen and oxygen atoms in total. The van der Waals surface area contributed by atoms with Gasteiger partial charge in [0, 0.05) is 5.69 Å². The molecule has 3 aromatic carbocycles. The molecular weight excluding hydrogens is 570 g/mol. The molecule has 0 heterocycles. The standard InChI is InChI=1S/C22H18N6O7S2.2Na/c23-13-6-8-15(9-7-13)26-27-20-16(36(30,31)32)10-12-11-17(37(33,34)35)21(22(29)18(12)19(20)24)28-25-14-4-2-1-3-5-14;;/h1-11,25H,23-24H2,(H,30,31,32)(H,33,34,35);;/q;2*+1/p-2/b27-26?,28-21-;;. The quantitative estimate of drug-likeness (QED) is 0.0857. The number of nitrogens with two attached hydrogens (primary N) is 2. The molecule has 4 rings (SSSR count).